The van der Waals surface area contributed by atoms with E-state index in [9.17, 15) is 14.9 Å². The zero-order chi connectivity index (χ0) is 15.6. The van der Waals surface area contributed by atoms with Crippen molar-refractivity contribution in [3.8, 4) is 11.6 Å². The monoisotopic (exact) mass is 328 g/mol. The van der Waals surface area contributed by atoms with Crippen molar-refractivity contribution in [1.82, 2.24) is 4.98 Å². The molecule has 1 heterocycles. The predicted octanol–water partition coefficient (Wildman–Crippen LogP) is 3.79. The maximum absolute atomic E-state index is 10.9. The number of hydrogen-bond acceptors (Lipinski definition) is 5. The highest BCUT2D eigenvalue weighted by molar-refractivity contribution is 6.33. The molecule has 1 aromatic heterocycles. The first kappa shape index (κ1) is 15.0. The van der Waals surface area contributed by atoms with Gasteiger partial charge in [0.25, 0.3) is 0 Å². The number of aromatic carboxylic acids is 1. The van der Waals surface area contributed by atoms with E-state index in [2.05, 4.69) is 4.98 Å². The molecule has 2 aromatic rings. The molecule has 21 heavy (non-hydrogen) atoms. The van der Waals surface area contributed by atoms with Gasteiger partial charge < -0.3 is 9.84 Å². The zero-order valence-corrected chi connectivity index (χ0v) is 11.6. The predicted molar refractivity (Wildman–Crippen MR) is 74.4 cm³/mol. The highest BCUT2D eigenvalue weighted by Crippen LogP contribution is 2.39. The standard InChI is InChI=1S/C12H6Cl2N2O5/c13-7-2-1-3-9(16(19)20)10(7)21-11-8(14)4-6(5-15-11)12(17)18/h1-5H,(H,17,18). The lowest BCUT2D eigenvalue weighted by Gasteiger charge is -2.08. The van der Waals surface area contributed by atoms with E-state index in [1.165, 1.54) is 18.2 Å². The van der Waals surface area contributed by atoms with Crippen molar-refractivity contribution in [1.29, 1.82) is 0 Å². The molecular weight excluding hydrogens is 323 g/mol. The molecule has 0 aliphatic heterocycles. The highest BCUT2D eigenvalue weighted by Gasteiger charge is 2.21. The number of nitrogens with zero attached hydrogens (tertiary/aromatic N) is 2. The van der Waals surface area contributed by atoms with E-state index in [1.54, 1.807) is 0 Å². The fourth-order valence-electron chi connectivity index (χ4n) is 1.46. The van der Waals surface area contributed by atoms with E-state index < -0.39 is 10.9 Å². The van der Waals surface area contributed by atoms with Crippen molar-refractivity contribution in [3.63, 3.8) is 0 Å². The Morgan fingerprint density at radius 1 is 1.33 bits per heavy atom. The Kier molecular flexibility index (Phi) is 4.25. The maximum atomic E-state index is 10.9. The third-order valence-corrected chi connectivity index (χ3v) is 2.96. The van der Waals surface area contributed by atoms with E-state index in [-0.39, 0.29) is 32.9 Å². The number of pyridine rings is 1. The van der Waals surface area contributed by atoms with Crippen LogP contribution in [0.4, 0.5) is 5.69 Å². The van der Waals surface area contributed by atoms with Crippen molar-refractivity contribution >= 4 is 34.9 Å². The maximum Gasteiger partial charge on any atom is 0.337 e. The highest BCUT2D eigenvalue weighted by atomic mass is 35.5. The number of carboxylic acids is 1. The van der Waals surface area contributed by atoms with Gasteiger partial charge in [0.05, 0.1) is 15.5 Å². The van der Waals surface area contributed by atoms with Crippen LogP contribution in [0.2, 0.25) is 10.0 Å². The van der Waals surface area contributed by atoms with Crippen molar-refractivity contribution in [2.24, 2.45) is 0 Å². The van der Waals surface area contributed by atoms with Crippen LogP contribution in [0.25, 0.3) is 0 Å². The molecule has 0 aliphatic carbocycles. The Bertz CT molecular complexity index is 736. The first-order valence-electron chi connectivity index (χ1n) is 5.39. The summed E-state index contributed by atoms with van der Waals surface area (Å²) >= 11 is 11.7. The molecule has 0 atom stereocenters. The Balaban J connectivity index is 2.44. The molecule has 0 spiro atoms. The number of nitro groups is 1. The average molecular weight is 329 g/mol. The number of rotatable bonds is 4. The van der Waals surface area contributed by atoms with Gasteiger partial charge in [-0.05, 0) is 12.1 Å². The molecule has 0 fully saturated rings. The number of para-hydroxylation sites is 1. The summed E-state index contributed by atoms with van der Waals surface area (Å²) in [6, 6.07) is 5.13. The van der Waals surface area contributed by atoms with Crippen LogP contribution < -0.4 is 4.74 Å². The van der Waals surface area contributed by atoms with Crippen LogP contribution in [0, 0.1) is 10.1 Å². The van der Waals surface area contributed by atoms with E-state index in [4.69, 9.17) is 33.0 Å². The number of carbonyl (C=O) groups is 1. The second-order valence-corrected chi connectivity index (χ2v) is 4.58. The summed E-state index contributed by atoms with van der Waals surface area (Å²) in [5.74, 6) is -1.61. The minimum atomic E-state index is -1.21. The van der Waals surface area contributed by atoms with Crippen LogP contribution in [0.1, 0.15) is 10.4 Å². The summed E-state index contributed by atoms with van der Waals surface area (Å²) in [6.07, 6.45) is 1.02. The van der Waals surface area contributed by atoms with E-state index in [0.717, 1.165) is 12.3 Å². The lowest BCUT2D eigenvalue weighted by Crippen LogP contribution is -2.00. The molecule has 0 saturated carbocycles. The molecule has 7 nitrogen and oxygen atoms in total. The molecule has 0 bridgehead atoms. The van der Waals surface area contributed by atoms with Gasteiger partial charge in [0, 0.05) is 12.3 Å². The number of hydrogen-bond donors (Lipinski definition) is 1. The fourth-order valence-corrected chi connectivity index (χ4v) is 1.87. The quantitative estimate of drug-likeness (QED) is 0.676. The molecule has 0 amide bonds. The molecule has 0 radical (unpaired) electrons. The van der Waals surface area contributed by atoms with E-state index >= 15 is 0 Å². The van der Waals surface area contributed by atoms with Crippen molar-refractivity contribution in [3.05, 3.63) is 56.2 Å². The minimum Gasteiger partial charge on any atom is -0.478 e. The Labute approximate surface area is 127 Å². The van der Waals surface area contributed by atoms with Gasteiger partial charge in [-0.3, -0.25) is 10.1 Å². The molecule has 0 unspecified atom stereocenters. The van der Waals surface area contributed by atoms with Gasteiger partial charge >= 0.3 is 11.7 Å². The van der Waals surface area contributed by atoms with Gasteiger partial charge in [-0.15, -0.1) is 0 Å². The SMILES string of the molecule is O=C(O)c1cnc(Oc2c(Cl)cccc2[N+](=O)[O-])c(Cl)c1. The molecular formula is C12H6Cl2N2O5. The number of aromatic nitrogens is 1. The second kappa shape index (κ2) is 5.94. The Morgan fingerprint density at radius 3 is 2.62 bits per heavy atom. The summed E-state index contributed by atoms with van der Waals surface area (Å²) in [5.41, 5.74) is -0.497. The second-order valence-electron chi connectivity index (χ2n) is 3.76. The van der Waals surface area contributed by atoms with Crippen molar-refractivity contribution in [2.75, 3.05) is 0 Å². The lowest BCUT2D eigenvalue weighted by atomic mass is 10.3. The third kappa shape index (κ3) is 3.21. The lowest BCUT2D eigenvalue weighted by molar-refractivity contribution is -0.385. The van der Waals surface area contributed by atoms with Crippen molar-refractivity contribution < 1.29 is 19.6 Å². The van der Waals surface area contributed by atoms with Gasteiger partial charge in [0.2, 0.25) is 11.6 Å². The van der Waals surface area contributed by atoms with Gasteiger partial charge in [-0.2, -0.15) is 0 Å². The summed E-state index contributed by atoms with van der Waals surface area (Å²) in [4.78, 5) is 24.8. The van der Waals surface area contributed by atoms with Gasteiger partial charge in [0.1, 0.15) is 5.02 Å². The molecule has 108 valence electrons. The molecule has 1 aromatic carbocycles. The third-order valence-electron chi connectivity index (χ3n) is 2.40. The van der Waals surface area contributed by atoms with Crippen LogP contribution in [-0.2, 0) is 0 Å². The molecule has 0 saturated heterocycles. The topological polar surface area (TPSA) is 103 Å². The van der Waals surface area contributed by atoms with Gasteiger partial charge in [-0.25, -0.2) is 9.78 Å². The summed E-state index contributed by atoms with van der Waals surface area (Å²) in [6.45, 7) is 0. The molecule has 1 N–H and O–H groups in total. The van der Waals surface area contributed by atoms with Crippen LogP contribution in [0.15, 0.2) is 30.5 Å². The first-order chi connectivity index (χ1) is 9.90. The normalized spacial score (nSPS) is 10.2. The van der Waals surface area contributed by atoms with Crippen LogP contribution in [0.5, 0.6) is 11.6 Å². The molecule has 2 rings (SSSR count). The summed E-state index contributed by atoms with van der Waals surface area (Å²) in [5, 5.41) is 19.6. The minimum absolute atomic E-state index is 0.00405. The van der Waals surface area contributed by atoms with Gasteiger partial charge in [0.15, 0.2) is 0 Å². The number of ether oxygens (including phenoxy) is 1. The fraction of sp³-hybridized carbons (Fsp3) is 0. The van der Waals surface area contributed by atoms with Crippen LogP contribution in [-0.4, -0.2) is 21.0 Å². The first-order valence-corrected chi connectivity index (χ1v) is 6.15. The number of halogens is 2. The van der Waals surface area contributed by atoms with Crippen molar-refractivity contribution in [2.45, 2.75) is 0 Å². The summed E-state index contributed by atoms with van der Waals surface area (Å²) < 4.78 is 5.26. The van der Waals surface area contributed by atoms with E-state index in [1.807, 2.05) is 0 Å². The number of carboxylic acid groups (broad SMARTS) is 1. The Hall–Kier alpha value is -2.38. The summed E-state index contributed by atoms with van der Waals surface area (Å²) in [7, 11) is 0. The smallest absolute Gasteiger partial charge is 0.337 e. The Morgan fingerprint density at radius 2 is 2.05 bits per heavy atom. The number of benzene rings is 1. The van der Waals surface area contributed by atoms with Crippen LogP contribution in [0.3, 0.4) is 0 Å². The number of nitro benzene ring substituents is 1. The average Bonchev–Trinajstić information content (AvgIpc) is 2.42. The largest absolute Gasteiger partial charge is 0.478 e. The van der Waals surface area contributed by atoms with Gasteiger partial charge in [-0.1, -0.05) is 29.3 Å². The van der Waals surface area contributed by atoms with E-state index in [0.29, 0.717) is 0 Å². The van der Waals surface area contributed by atoms with Crippen LogP contribution >= 0.6 is 23.2 Å². The zero-order valence-electron chi connectivity index (χ0n) is 10.1. The molecule has 0 aliphatic rings. The molecule has 9 heteroatoms.